The molecular formula is C22H25N5O4. The highest BCUT2D eigenvalue weighted by molar-refractivity contribution is 5.97. The predicted octanol–water partition coefficient (Wildman–Crippen LogP) is 2.96. The summed E-state index contributed by atoms with van der Waals surface area (Å²) in [5, 5.41) is 8.00. The van der Waals surface area contributed by atoms with Crippen molar-refractivity contribution in [2.75, 3.05) is 11.9 Å². The third-order valence-corrected chi connectivity index (χ3v) is 4.21. The monoisotopic (exact) mass is 423 g/mol. The van der Waals surface area contributed by atoms with E-state index >= 15 is 0 Å². The van der Waals surface area contributed by atoms with Gasteiger partial charge in [0.15, 0.2) is 0 Å². The van der Waals surface area contributed by atoms with Gasteiger partial charge in [0.1, 0.15) is 12.1 Å². The molecule has 0 saturated carbocycles. The minimum Gasteiger partial charge on any atom is -0.444 e. The topological polar surface area (TPSA) is 125 Å². The molecule has 3 amide bonds. The van der Waals surface area contributed by atoms with Crippen molar-refractivity contribution in [1.82, 2.24) is 20.6 Å². The van der Waals surface area contributed by atoms with Crippen molar-refractivity contribution in [3.63, 3.8) is 0 Å². The zero-order valence-electron chi connectivity index (χ0n) is 17.6. The molecule has 0 saturated heterocycles. The smallest absolute Gasteiger partial charge is 0.408 e. The number of hydrogen-bond acceptors (Lipinski definition) is 5. The molecule has 0 aliphatic carbocycles. The lowest BCUT2D eigenvalue weighted by Crippen LogP contribution is -2.37. The van der Waals surface area contributed by atoms with Crippen LogP contribution in [-0.2, 0) is 16.1 Å². The molecule has 0 fully saturated rings. The number of benzene rings is 2. The first-order valence-corrected chi connectivity index (χ1v) is 9.77. The molecule has 0 bridgehead atoms. The molecule has 1 heterocycles. The van der Waals surface area contributed by atoms with E-state index < -0.39 is 17.6 Å². The van der Waals surface area contributed by atoms with E-state index in [2.05, 4.69) is 25.9 Å². The number of nitrogens with one attached hydrogen (secondary N) is 4. The Bertz CT molecular complexity index is 1100. The number of imidazole rings is 1. The maximum absolute atomic E-state index is 12.5. The second kappa shape index (κ2) is 9.29. The fourth-order valence-electron chi connectivity index (χ4n) is 2.81. The van der Waals surface area contributed by atoms with Crippen LogP contribution in [-0.4, -0.2) is 40.0 Å². The summed E-state index contributed by atoms with van der Waals surface area (Å²) < 4.78 is 5.11. The van der Waals surface area contributed by atoms with Gasteiger partial charge in [-0.15, -0.1) is 0 Å². The van der Waals surface area contributed by atoms with Crippen LogP contribution in [0.5, 0.6) is 0 Å². The lowest BCUT2D eigenvalue weighted by molar-refractivity contribution is -0.115. The number of rotatable bonds is 6. The summed E-state index contributed by atoms with van der Waals surface area (Å²) >= 11 is 0. The molecule has 3 rings (SSSR count). The normalized spacial score (nSPS) is 11.1. The number of carbonyl (C=O) groups excluding carboxylic acids is 3. The van der Waals surface area contributed by atoms with Crippen molar-refractivity contribution in [3.05, 3.63) is 59.9 Å². The number of amides is 3. The molecule has 31 heavy (non-hydrogen) atoms. The van der Waals surface area contributed by atoms with Gasteiger partial charge < -0.3 is 25.7 Å². The highest BCUT2D eigenvalue weighted by Crippen LogP contribution is 2.16. The summed E-state index contributed by atoms with van der Waals surface area (Å²) in [6, 6.07) is 12.3. The minimum atomic E-state index is -0.669. The molecule has 0 aliphatic rings. The first-order chi connectivity index (χ1) is 14.7. The number of fused-ring (bicyclic) bond motifs is 1. The lowest BCUT2D eigenvalue weighted by Gasteiger charge is -2.19. The highest BCUT2D eigenvalue weighted by Gasteiger charge is 2.17. The number of carbonyl (C=O) groups is 3. The Labute approximate surface area is 179 Å². The van der Waals surface area contributed by atoms with Gasteiger partial charge in [-0.1, -0.05) is 18.2 Å². The van der Waals surface area contributed by atoms with Gasteiger partial charge in [-0.3, -0.25) is 9.59 Å². The van der Waals surface area contributed by atoms with Crippen LogP contribution < -0.4 is 16.0 Å². The molecule has 1 aromatic heterocycles. The van der Waals surface area contributed by atoms with Gasteiger partial charge >= 0.3 is 6.09 Å². The van der Waals surface area contributed by atoms with Gasteiger partial charge in [0, 0.05) is 17.8 Å². The average Bonchev–Trinajstić information content (AvgIpc) is 3.18. The fourth-order valence-corrected chi connectivity index (χ4v) is 2.81. The standard InChI is InChI=1S/C22H25N5O4/c1-22(2,3)31-21(30)24-12-19(28)27-16-7-5-4-6-15(16)11-23-20(29)14-8-9-17-18(10-14)26-13-25-17/h4-10,13H,11-12H2,1-3H3,(H,23,29)(H,24,30)(H,25,26)(H,27,28). The molecule has 3 aromatic rings. The number of alkyl carbamates (subject to hydrolysis) is 1. The van der Waals surface area contributed by atoms with Crippen molar-refractivity contribution in [3.8, 4) is 0 Å². The number of nitrogens with zero attached hydrogens (tertiary/aromatic N) is 1. The van der Waals surface area contributed by atoms with Crippen LogP contribution in [0.4, 0.5) is 10.5 Å². The average molecular weight is 423 g/mol. The van der Waals surface area contributed by atoms with Crippen molar-refractivity contribution in [2.24, 2.45) is 0 Å². The van der Waals surface area contributed by atoms with Gasteiger partial charge in [0.2, 0.25) is 5.91 Å². The van der Waals surface area contributed by atoms with E-state index in [9.17, 15) is 14.4 Å². The van der Waals surface area contributed by atoms with E-state index in [1.807, 2.05) is 6.07 Å². The van der Waals surface area contributed by atoms with E-state index in [4.69, 9.17) is 4.74 Å². The van der Waals surface area contributed by atoms with Crippen LogP contribution in [0.15, 0.2) is 48.8 Å². The number of H-pyrrole nitrogens is 1. The summed E-state index contributed by atoms with van der Waals surface area (Å²) in [6.45, 7) is 5.20. The molecule has 0 radical (unpaired) electrons. The van der Waals surface area contributed by atoms with Crippen LogP contribution in [0.2, 0.25) is 0 Å². The van der Waals surface area contributed by atoms with E-state index in [0.29, 0.717) is 11.3 Å². The predicted molar refractivity (Wildman–Crippen MR) is 117 cm³/mol. The third-order valence-electron chi connectivity index (χ3n) is 4.21. The largest absolute Gasteiger partial charge is 0.444 e. The van der Waals surface area contributed by atoms with Crippen molar-refractivity contribution in [1.29, 1.82) is 0 Å². The van der Waals surface area contributed by atoms with Gasteiger partial charge in [-0.05, 0) is 50.6 Å². The third kappa shape index (κ3) is 6.30. The van der Waals surface area contributed by atoms with Crippen molar-refractivity contribution < 1.29 is 19.1 Å². The van der Waals surface area contributed by atoms with E-state index in [0.717, 1.165) is 16.6 Å². The quantitative estimate of drug-likeness (QED) is 0.485. The number of ether oxygens (including phenoxy) is 1. The number of aromatic amines is 1. The molecule has 4 N–H and O–H groups in total. The van der Waals surface area contributed by atoms with Crippen LogP contribution in [0.25, 0.3) is 11.0 Å². The zero-order valence-corrected chi connectivity index (χ0v) is 17.6. The molecule has 0 spiro atoms. The Morgan fingerprint density at radius 3 is 2.61 bits per heavy atom. The van der Waals surface area contributed by atoms with Crippen LogP contribution in [0.3, 0.4) is 0 Å². The van der Waals surface area contributed by atoms with E-state index in [-0.39, 0.29) is 19.0 Å². The molecule has 162 valence electrons. The maximum Gasteiger partial charge on any atom is 0.408 e. The van der Waals surface area contributed by atoms with Gasteiger partial charge in [-0.25, -0.2) is 9.78 Å². The first kappa shape index (κ1) is 21.8. The minimum absolute atomic E-state index is 0.218. The Hall–Kier alpha value is -3.88. The first-order valence-electron chi connectivity index (χ1n) is 9.77. The molecule has 9 nitrogen and oxygen atoms in total. The van der Waals surface area contributed by atoms with Crippen LogP contribution >= 0.6 is 0 Å². The molecular weight excluding hydrogens is 398 g/mol. The van der Waals surface area contributed by atoms with E-state index in [1.165, 1.54) is 0 Å². The van der Waals surface area contributed by atoms with Gasteiger partial charge in [0.25, 0.3) is 5.91 Å². The summed E-state index contributed by atoms with van der Waals surface area (Å²) in [4.78, 5) is 43.5. The van der Waals surface area contributed by atoms with Gasteiger partial charge in [-0.2, -0.15) is 0 Å². The molecule has 0 aliphatic heterocycles. The summed E-state index contributed by atoms with van der Waals surface area (Å²) in [7, 11) is 0. The van der Waals surface area contributed by atoms with E-state index in [1.54, 1.807) is 63.5 Å². The maximum atomic E-state index is 12.5. The Balaban J connectivity index is 1.56. The number of para-hydroxylation sites is 1. The number of anilines is 1. The Kier molecular flexibility index (Phi) is 6.54. The SMILES string of the molecule is CC(C)(C)OC(=O)NCC(=O)Nc1ccccc1CNC(=O)c1ccc2nc[nH]c2c1. The Morgan fingerprint density at radius 1 is 1.06 bits per heavy atom. The number of aromatic nitrogens is 2. The summed E-state index contributed by atoms with van der Waals surface area (Å²) in [6.07, 6.45) is 0.903. The summed E-state index contributed by atoms with van der Waals surface area (Å²) in [5.74, 6) is -0.654. The molecule has 0 atom stereocenters. The number of hydrogen-bond donors (Lipinski definition) is 4. The van der Waals surface area contributed by atoms with Crippen LogP contribution in [0.1, 0.15) is 36.7 Å². The van der Waals surface area contributed by atoms with Crippen molar-refractivity contribution >= 4 is 34.6 Å². The van der Waals surface area contributed by atoms with Crippen molar-refractivity contribution in [2.45, 2.75) is 32.9 Å². The second-order valence-electron chi connectivity index (χ2n) is 7.88. The Morgan fingerprint density at radius 2 is 1.84 bits per heavy atom. The summed E-state index contributed by atoms with van der Waals surface area (Å²) in [5.41, 5.74) is 2.68. The molecule has 9 heteroatoms. The second-order valence-corrected chi connectivity index (χ2v) is 7.88. The zero-order chi connectivity index (χ0) is 22.4. The van der Waals surface area contributed by atoms with Crippen LogP contribution in [0, 0.1) is 0 Å². The highest BCUT2D eigenvalue weighted by atomic mass is 16.6. The fraction of sp³-hybridized carbons (Fsp3) is 0.273. The molecule has 0 unspecified atom stereocenters. The molecule has 2 aromatic carbocycles. The lowest BCUT2D eigenvalue weighted by atomic mass is 10.1. The van der Waals surface area contributed by atoms with Gasteiger partial charge in [0.05, 0.1) is 17.4 Å².